The highest BCUT2D eigenvalue weighted by Crippen LogP contribution is 2.16. The van der Waals surface area contributed by atoms with Gasteiger partial charge in [0.1, 0.15) is 23.7 Å². The summed E-state index contributed by atoms with van der Waals surface area (Å²) in [5, 5.41) is 41.3. The minimum atomic E-state index is -1.25. The van der Waals surface area contributed by atoms with Crippen LogP contribution in [0.1, 0.15) is 83.7 Å². The van der Waals surface area contributed by atoms with E-state index < -0.39 is 65.3 Å². The molecule has 0 saturated heterocycles. The largest absolute Gasteiger partial charge is 0.460 e. The summed E-state index contributed by atoms with van der Waals surface area (Å²) in [6, 6.07) is 9.45. The highest BCUT2D eigenvalue weighted by atomic mass is 16.6. The van der Waals surface area contributed by atoms with Crippen LogP contribution in [0.15, 0.2) is 48.5 Å². The molecule has 402 valence electrons. The number of aromatic nitrogens is 4. The smallest absolute Gasteiger partial charge is 0.312 e. The fourth-order valence-electron chi connectivity index (χ4n) is 6.55. The van der Waals surface area contributed by atoms with Crippen molar-refractivity contribution >= 4 is 47.2 Å². The Kier molecular flexibility index (Phi) is 27.5. The number of primary amides is 1. The van der Waals surface area contributed by atoms with Crippen LogP contribution in [0.2, 0.25) is 0 Å². The number of amides is 7. The van der Waals surface area contributed by atoms with Gasteiger partial charge in [-0.15, -0.1) is 20.4 Å². The summed E-state index contributed by atoms with van der Waals surface area (Å²) in [6.07, 6.45) is 0.0704. The average molecular weight is 1020 g/mol. The lowest BCUT2D eigenvalue weighted by Gasteiger charge is -2.27. The molecule has 1 aromatic heterocycles. The fourth-order valence-corrected chi connectivity index (χ4v) is 6.55. The van der Waals surface area contributed by atoms with Crippen molar-refractivity contribution in [2.75, 3.05) is 71.3 Å². The van der Waals surface area contributed by atoms with Gasteiger partial charge < -0.3 is 66.4 Å². The minimum absolute atomic E-state index is 0.00143. The summed E-state index contributed by atoms with van der Waals surface area (Å²) >= 11 is 0. The van der Waals surface area contributed by atoms with E-state index in [1.54, 1.807) is 65.8 Å². The molecular weight excluding hydrogens is 951 g/mol. The summed E-state index contributed by atoms with van der Waals surface area (Å²) in [6.45, 7) is 12.5. The van der Waals surface area contributed by atoms with E-state index in [4.69, 9.17) is 29.4 Å². The van der Waals surface area contributed by atoms with E-state index in [0.717, 1.165) is 11.1 Å². The van der Waals surface area contributed by atoms with E-state index in [2.05, 4.69) is 52.3 Å². The quantitative estimate of drug-likeness (QED) is 0.0307. The second kappa shape index (κ2) is 33.1. The standard InChI is InChI=1S/C49H73N11O13/c1-32(2)43(47(67)55-38(8-7-20-52-48(50)68)45(65)53-37-15-11-35(31-61)12-16-37)56-46(66)39(17-18-42(64)73-49(4,5)6)54-40(62)19-22-69-24-26-71-28-29-72-27-25-70-23-21-51-41(63)30-34-9-13-36(14-10-34)44-59-57-33(3)58-60-44/h9-16,32,38-39,43,61H,7-8,17-31H2,1-6H3,(H,51,63)(H,53,65)(H,54,62)(H,55,67)(H,56,66)(H3,50,52,68)/t38-,39-,43-/m0/s1. The zero-order valence-corrected chi connectivity index (χ0v) is 42.7. The average Bonchev–Trinajstić information content (AvgIpc) is 3.34. The lowest BCUT2D eigenvalue weighted by molar-refractivity contribution is -0.155. The van der Waals surface area contributed by atoms with Gasteiger partial charge >= 0.3 is 12.0 Å². The molecule has 0 radical (unpaired) electrons. The minimum Gasteiger partial charge on any atom is -0.460 e. The number of aliphatic hydroxyl groups excluding tert-OH is 1. The maximum Gasteiger partial charge on any atom is 0.312 e. The van der Waals surface area contributed by atoms with Gasteiger partial charge in [0, 0.05) is 37.2 Å². The topological polar surface area (TPSA) is 336 Å². The number of carbonyl (C=O) groups excluding carboxylic acids is 7. The Balaban J connectivity index is 1.37. The molecule has 0 spiro atoms. The number of esters is 1. The van der Waals surface area contributed by atoms with Crippen LogP contribution in [0.4, 0.5) is 10.5 Å². The van der Waals surface area contributed by atoms with Crippen molar-refractivity contribution in [1.82, 2.24) is 47.0 Å². The van der Waals surface area contributed by atoms with E-state index in [-0.39, 0.29) is 77.4 Å². The molecule has 2 aromatic carbocycles. The van der Waals surface area contributed by atoms with Gasteiger partial charge in [-0.25, -0.2) is 4.79 Å². The number of benzene rings is 2. The van der Waals surface area contributed by atoms with E-state index in [1.807, 2.05) is 24.3 Å². The Hall–Kier alpha value is -6.73. The third kappa shape index (κ3) is 26.0. The van der Waals surface area contributed by atoms with Crippen molar-refractivity contribution in [1.29, 1.82) is 0 Å². The second-order valence-corrected chi connectivity index (χ2v) is 18.0. The van der Waals surface area contributed by atoms with Crippen LogP contribution in [0, 0.1) is 12.8 Å². The summed E-state index contributed by atoms with van der Waals surface area (Å²) in [5.74, 6) is -2.88. The van der Waals surface area contributed by atoms with Crippen molar-refractivity contribution in [3.63, 3.8) is 0 Å². The number of urea groups is 1. The number of aliphatic hydroxyl groups is 1. The Morgan fingerprint density at radius 1 is 0.630 bits per heavy atom. The predicted molar refractivity (Wildman–Crippen MR) is 266 cm³/mol. The van der Waals surface area contributed by atoms with Crippen molar-refractivity contribution < 1.29 is 62.4 Å². The number of nitrogens with two attached hydrogens (primary N) is 1. The van der Waals surface area contributed by atoms with Crippen LogP contribution in [0.5, 0.6) is 0 Å². The van der Waals surface area contributed by atoms with Gasteiger partial charge in [-0.1, -0.05) is 50.2 Å². The number of ether oxygens (including phenoxy) is 5. The van der Waals surface area contributed by atoms with Gasteiger partial charge in [-0.2, -0.15) is 0 Å². The normalized spacial score (nSPS) is 12.5. The van der Waals surface area contributed by atoms with Gasteiger partial charge in [0.25, 0.3) is 0 Å². The summed E-state index contributed by atoms with van der Waals surface area (Å²) < 4.78 is 27.5. The molecule has 7 amide bonds. The number of hydrogen-bond donors (Lipinski definition) is 8. The number of nitrogens with zero attached hydrogens (tertiary/aromatic N) is 4. The van der Waals surface area contributed by atoms with Crippen molar-refractivity contribution in [3.8, 4) is 11.4 Å². The monoisotopic (exact) mass is 1020 g/mol. The van der Waals surface area contributed by atoms with Crippen LogP contribution < -0.4 is 37.6 Å². The van der Waals surface area contributed by atoms with Gasteiger partial charge in [0.05, 0.1) is 65.9 Å². The van der Waals surface area contributed by atoms with Crippen LogP contribution >= 0.6 is 0 Å². The molecule has 0 unspecified atom stereocenters. The van der Waals surface area contributed by atoms with E-state index in [1.165, 1.54) is 0 Å². The molecule has 0 fully saturated rings. The molecule has 1 heterocycles. The molecule has 3 aromatic rings. The molecule has 0 saturated carbocycles. The molecule has 9 N–H and O–H groups in total. The number of anilines is 1. The van der Waals surface area contributed by atoms with Crippen LogP contribution in [-0.2, 0) is 65.5 Å². The molecule has 24 nitrogen and oxygen atoms in total. The Morgan fingerprint density at radius 2 is 1.21 bits per heavy atom. The van der Waals surface area contributed by atoms with Gasteiger partial charge in [0.15, 0.2) is 5.82 Å². The third-order valence-electron chi connectivity index (χ3n) is 10.3. The number of nitrogens with one attached hydrogen (secondary N) is 6. The van der Waals surface area contributed by atoms with Crippen molar-refractivity contribution in [2.45, 2.75) is 110 Å². The summed E-state index contributed by atoms with van der Waals surface area (Å²) in [4.78, 5) is 90.4. The zero-order valence-electron chi connectivity index (χ0n) is 42.7. The maximum atomic E-state index is 13.8. The fraction of sp³-hybridized carbons (Fsp3) is 0.571. The molecule has 0 bridgehead atoms. The number of rotatable bonds is 34. The third-order valence-corrected chi connectivity index (χ3v) is 10.3. The summed E-state index contributed by atoms with van der Waals surface area (Å²) in [5.41, 5.74) is 7.01. The second-order valence-electron chi connectivity index (χ2n) is 18.0. The molecule has 73 heavy (non-hydrogen) atoms. The van der Waals surface area contributed by atoms with Gasteiger partial charge in [-0.3, -0.25) is 28.8 Å². The predicted octanol–water partition coefficient (Wildman–Crippen LogP) is 1.17. The van der Waals surface area contributed by atoms with Crippen LogP contribution in [0.25, 0.3) is 11.4 Å². The molecular formula is C49H73N11O13. The van der Waals surface area contributed by atoms with E-state index in [0.29, 0.717) is 62.5 Å². The Bertz CT molecular complexity index is 2180. The van der Waals surface area contributed by atoms with Gasteiger partial charge in [0.2, 0.25) is 35.4 Å². The summed E-state index contributed by atoms with van der Waals surface area (Å²) in [7, 11) is 0. The molecule has 0 aliphatic rings. The van der Waals surface area contributed by atoms with Crippen LogP contribution in [0.3, 0.4) is 0 Å². The van der Waals surface area contributed by atoms with Gasteiger partial charge in [-0.05, 0) is 76.1 Å². The molecule has 3 rings (SSSR count). The highest BCUT2D eigenvalue weighted by molar-refractivity contribution is 5.99. The first kappa shape index (κ1) is 60.6. The first-order valence-electron chi connectivity index (χ1n) is 24.2. The van der Waals surface area contributed by atoms with Crippen molar-refractivity contribution in [3.05, 3.63) is 65.5 Å². The zero-order chi connectivity index (χ0) is 53.6. The lowest BCUT2D eigenvalue weighted by Crippen LogP contribution is -2.58. The van der Waals surface area contributed by atoms with Crippen LogP contribution in [-0.4, -0.2) is 157 Å². The first-order chi connectivity index (χ1) is 34.8. The molecule has 0 aliphatic carbocycles. The Labute approximate surface area is 425 Å². The molecule has 24 heteroatoms. The Morgan fingerprint density at radius 3 is 1.78 bits per heavy atom. The van der Waals surface area contributed by atoms with E-state index in [9.17, 15) is 38.7 Å². The number of aryl methyl sites for hydroxylation is 1. The van der Waals surface area contributed by atoms with E-state index >= 15 is 0 Å². The first-order valence-corrected chi connectivity index (χ1v) is 24.2. The SMILES string of the molecule is Cc1nnc(-c2ccc(CC(=O)NCCOCCOCCOCCOCCC(=O)N[C@@H](CCC(=O)OC(C)(C)C)C(=O)N[C@H](C(=O)N[C@@H](CCCNC(N)=O)C(=O)Nc3ccc(CO)cc3)C(C)C)cc2)nn1. The number of carbonyl (C=O) groups is 7. The van der Waals surface area contributed by atoms with Crippen molar-refractivity contribution in [2.24, 2.45) is 11.7 Å². The molecule has 3 atom stereocenters. The maximum absolute atomic E-state index is 13.8. The lowest BCUT2D eigenvalue weighted by atomic mass is 10.0. The highest BCUT2D eigenvalue weighted by Gasteiger charge is 2.32. The molecule has 0 aliphatic heterocycles. The number of hydrogen-bond acceptors (Lipinski definition) is 17.